The molecule has 0 saturated carbocycles. The summed E-state index contributed by atoms with van der Waals surface area (Å²) < 4.78 is 0. The van der Waals surface area contributed by atoms with E-state index in [2.05, 4.69) is 15.3 Å². The molecule has 6 nitrogen and oxygen atoms in total. The summed E-state index contributed by atoms with van der Waals surface area (Å²) in [6, 6.07) is 6.38. The van der Waals surface area contributed by atoms with Crippen LogP contribution in [0.25, 0.3) is 10.2 Å². The Morgan fingerprint density at radius 2 is 2.13 bits per heavy atom. The second kappa shape index (κ2) is 6.27. The summed E-state index contributed by atoms with van der Waals surface area (Å²) in [4.78, 5) is 20.4. The quantitative estimate of drug-likeness (QED) is 0.405. The van der Waals surface area contributed by atoms with Crippen molar-refractivity contribution in [3.63, 3.8) is 0 Å². The van der Waals surface area contributed by atoms with Crippen LogP contribution in [-0.4, -0.2) is 14.9 Å². The van der Waals surface area contributed by atoms with Gasteiger partial charge in [-0.25, -0.2) is 9.97 Å². The van der Waals surface area contributed by atoms with Gasteiger partial charge in [-0.15, -0.1) is 11.3 Å². The molecule has 2 aromatic heterocycles. The van der Waals surface area contributed by atoms with Crippen LogP contribution >= 0.6 is 34.5 Å². The molecular weight excluding hydrogens is 359 g/mol. The average molecular weight is 369 g/mol. The molecule has 0 bridgehead atoms. The molecule has 0 saturated heterocycles. The van der Waals surface area contributed by atoms with Crippen LogP contribution in [0, 0.1) is 17.0 Å². The molecule has 0 amide bonds. The van der Waals surface area contributed by atoms with E-state index in [1.54, 1.807) is 12.1 Å². The number of non-ortho nitro benzene ring substituents is 1. The first-order chi connectivity index (χ1) is 11.0. The summed E-state index contributed by atoms with van der Waals surface area (Å²) in [5, 5.41) is 15.4. The molecule has 23 heavy (non-hydrogen) atoms. The van der Waals surface area contributed by atoms with Gasteiger partial charge in [0.15, 0.2) is 0 Å². The Bertz CT molecular complexity index is 913. The topological polar surface area (TPSA) is 81.0 Å². The molecule has 1 N–H and O–H groups in total. The predicted molar refractivity (Wildman–Crippen MR) is 92.6 cm³/mol. The SMILES string of the molecule is Cc1sc2nc(Cl)nc(NCc3cccc([N+](=O)[O-])c3)c2c1Cl. The van der Waals surface area contributed by atoms with Crippen molar-refractivity contribution < 1.29 is 4.92 Å². The van der Waals surface area contributed by atoms with Gasteiger partial charge in [-0.05, 0) is 24.1 Å². The molecule has 118 valence electrons. The number of fused-ring (bicyclic) bond motifs is 1. The van der Waals surface area contributed by atoms with Crippen LogP contribution in [0.3, 0.4) is 0 Å². The number of nitrogens with one attached hydrogen (secondary N) is 1. The largest absolute Gasteiger partial charge is 0.365 e. The number of nitro groups is 1. The third-order valence-electron chi connectivity index (χ3n) is 3.21. The van der Waals surface area contributed by atoms with Crippen molar-refractivity contribution in [2.45, 2.75) is 13.5 Å². The Morgan fingerprint density at radius 1 is 1.35 bits per heavy atom. The summed E-state index contributed by atoms with van der Waals surface area (Å²) >= 11 is 13.7. The van der Waals surface area contributed by atoms with Gasteiger partial charge >= 0.3 is 0 Å². The summed E-state index contributed by atoms with van der Waals surface area (Å²) in [6.45, 7) is 2.25. The maximum Gasteiger partial charge on any atom is 0.269 e. The van der Waals surface area contributed by atoms with Crippen molar-refractivity contribution in [2.24, 2.45) is 0 Å². The van der Waals surface area contributed by atoms with Gasteiger partial charge in [0.1, 0.15) is 10.6 Å². The van der Waals surface area contributed by atoms with Crippen LogP contribution in [0.5, 0.6) is 0 Å². The van der Waals surface area contributed by atoms with Crippen molar-refractivity contribution in [1.82, 2.24) is 9.97 Å². The van der Waals surface area contributed by atoms with Crippen LogP contribution in [-0.2, 0) is 6.54 Å². The van der Waals surface area contributed by atoms with Crippen molar-refractivity contribution in [2.75, 3.05) is 5.32 Å². The first-order valence-electron chi connectivity index (χ1n) is 6.55. The second-order valence-corrected chi connectivity index (χ2v) is 6.69. The van der Waals surface area contributed by atoms with E-state index in [9.17, 15) is 10.1 Å². The van der Waals surface area contributed by atoms with Crippen molar-refractivity contribution >= 4 is 56.3 Å². The molecule has 0 radical (unpaired) electrons. The Balaban J connectivity index is 1.93. The number of rotatable bonds is 4. The van der Waals surface area contributed by atoms with E-state index in [0.717, 1.165) is 10.4 Å². The minimum Gasteiger partial charge on any atom is -0.365 e. The van der Waals surface area contributed by atoms with Crippen LogP contribution < -0.4 is 5.32 Å². The number of halogens is 2. The second-order valence-electron chi connectivity index (χ2n) is 4.77. The molecule has 1 aromatic carbocycles. The number of hydrogen-bond donors (Lipinski definition) is 1. The van der Waals surface area contributed by atoms with Gasteiger partial charge < -0.3 is 5.32 Å². The van der Waals surface area contributed by atoms with Crippen LogP contribution in [0.2, 0.25) is 10.3 Å². The molecule has 0 aliphatic rings. The van der Waals surface area contributed by atoms with E-state index in [-0.39, 0.29) is 11.0 Å². The Labute approximate surface area is 145 Å². The fourth-order valence-electron chi connectivity index (χ4n) is 2.15. The van der Waals surface area contributed by atoms with E-state index in [1.165, 1.54) is 23.5 Å². The Hall–Kier alpha value is -1.96. The number of aromatic nitrogens is 2. The lowest BCUT2D eigenvalue weighted by Gasteiger charge is -2.07. The number of nitro benzene ring substituents is 1. The predicted octanol–water partition coefficient (Wildman–Crippen LogP) is 4.83. The molecule has 0 atom stereocenters. The minimum atomic E-state index is -0.428. The molecule has 3 rings (SSSR count). The van der Waals surface area contributed by atoms with Gasteiger partial charge in [0, 0.05) is 23.6 Å². The summed E-state index contributed by atoms with van der Waals surface area (Å²) in [6.07, 6.45) is 0. The minimum absolute atomic E-state index is 0.0413. The van der Waals surface area contributed by atoms with E-state index >= 15 is 0 Å². The molecule has 0 unspecified atom stereocenters. The fraction of sp³-hybridized carbons (Fsp3) is 0.143. The standard InChI is InChI=1S/C14H10Cl2N4O2S/c1-7-11(15)10-12(18-14(16)19-13(10)23-7)17-6-8-3-2-4-9(5-8)20(21)22/h2-5H,6H2,1H3,(H,17,18,19). The Morgan fingerprint density at radius 3 is 2.87 bits per heavy atom. The van der Waals surface area contributed by atoms with Gasteiger partial charge in [-0.2, -0.15) is 0 Å². The first-order valence-corrected chi connectivity index (χ1v) is 8.12. The van der Waals surface area contributed by atoms with Crippen molar-refractivity contribution in [1.29, 1.82) is 0 Å². The molecule has 3 aromatic rings. The van der Waals surface area contributed by atoms with Gasteiger partial charge in [0.2, 0.25) is 5.28 Å². The van der Waals surface area contributed by atoms with Gasteiger partial charge in [-0.3, -0.25) is 10.1 Å². The third kappa shape index (κ3) is 3.21. The molecule has 0 spiro atoms. The Kier molecular flexibility index (Phi) is 4.34. The zero-order chi connectivity index (χ0) is 16.6. The highest BCUT2D eigenvalue weighted by Gasteiger charge is 2.15. The third-order valence-corrected chi connectivity index (χ3v) is 4.96. The zero-order valence-electron chi connectivity index (χ0n) is 11.8. The molecule has 9 heteroatoms. The van der Waals surface area contributed by atoms with Crippen LogP contribution in [0.1, 0.15) is 10.4 Å². The summed E-state index contributed by atoms with van der Waals surface area (Å²) in [7, 11) is 0. The maximum absolute atomic E-state index is 10.8. The number of nitrogens with zero attached hydrogens (tertiary/aromatic N) is 3. The number of hydrogen-bond acceptors (Lipinski definition) is 6. The number of thiophene rings is 1. The monoisotopic (exact) mass is 368 g/mol. The van der Waals surface area contributed by atoms with Crippen LogP contribution in [0.4, 0.5) is 11.5 Å². The molecular formula is C14H10Cl2N4O2S. The smallest absolute Gasteiger partial charge is 0.269 e. The zero-order valence-corrected chi connectivity index (χ0v) is 14.2. The maximum atomic E-state index is 10.8. The number of aryl methyl sites for hydroxylation is 1. The first kappa shape index (κ1) is 15.9. The van der Waals surface area contributed by atoms with E-state index in [4.69, 9.17) is 23.2 Å². The fourth-order valence-corrected chi connectivity index (χ4v) is 3.63. The van der Waals surface area contributed by atoms with Crippen LogP contribution in [0.15, 0.2) is 24.3 Å². The molecule has 0 aliphatic carbocycles. The highest BCUT2D eigenvalue weighted by molar-refractivity contribution is 7.19. The number of anilines is 1. The lowest BCUT2D eigenvalue weighted by atomic mass is 10.2. The normalized spacial score (nSPS) is 10.9. The number of benzene rings is 1. The molecule has 2 heterocycles. The van der Waals surface area contributed by atoms with E-state index < -0.39 is 4.92 Å². The lowest BCUT2D eigenvalue weighted by molar-refractivity contribution is -0.384. The van der Waals surface area contributed by atoms with Gasteiger partial charge in [-0.1, -0.05) is 23.7 Å². The van der Waals surface area contributed by atoms with Gasteiger partial charge in [0.25, 0.3) is 5.69 Å². The van der Waals surface area contributed by atoms with Crippen molar-refractivity contribution in [3.05, 3.63) is 55.1 Å². The lowest BCUT2D eigenvalue weighted by Crippen LogP contribution is -2.03. The average Bonchev–Trinajstić information content (AvgIpc) is 2.79. The van der Waals surface area contributed by atoms with E-state index in [0.29, 0.717) is 27.6 Å². The summed E-state index contributed by atoms with van der Waals surface area (Å²) in [5.74, 6) is 0.515. The molecule has 0 fully saturated rings. The van der Waals surface area contributed by atoms with Crippen molar-refractivity contribution in [3.8, 4) is 0 Å². The van der Waals surface area contributed by atoms with Gasteiger partial charge in [0.05, 0.1) is 15.3 Å². The molecule has 0 aliphatic heterocycles. The van der Waals surface area contributed by atoms with E-state index in [1.807, 2.05) is 6.92 Å². The highest BCUT2D eigenvalue weighted by Crippen LogP contribution is 2.38. The highest BCUT2D eigenvalue weighted by atomic mass is 35.5. The summed E-state index contributed by atoms with van der Waals surface area (Å²) in [5.41, 5.74) is 0.796.